The van der Waals surface area contributed by atoms with Gasteiger partial charge in [0.25, 0.3) is 0 Å². The fourth-order valence-corrected chi connectivity index (χ4v) is 1.99. The van der Waals surface area contributed by atoms with E-state index in [1.807, 2.05) is 32.0 Å². The summed E-state index contributed by atoms with van der Waals surface area (Å²) in [6.07, 6.45) is 0. The van der Waals surface area contributed by atoms with E-state index in [0.29, 0.717) is 5.69 Å². The first-order valence-corrected chi connectivity index (χ1v) is 6.12. The zero-order chi connectivity index (χ0) is 14.7. The number of benzene rings is 2. The van der Waals surface area contributed by atoms with Crippen molar-refractivity contribution < 1.29 is 4.92 Å². The Morgan fingerprint density at radius 3 is 2.30 bits per heavy atom. The van der Waals surface area contributed by atoms with Gasteiger partial charge in [-0.05, 0) is 43.2 Å². The standard InChI is InChI=1S/C14H16N4O2/c1-9-5-3-6-11(10(9)2)16-12-7-4-8-13(17-15)14(12)18(19)20/h3-8,16-17H,15H2,1-2H3. The highest BCUT2D eigenvalue weighted by Gasteiger charge is 2.19. The van der Waals surface area contributed by atoms with Crippen molar-refractivity contribution in [2.75, 3.05) is 10.7 Å². The van der Waals surface area contributed by atoms with Gasteiger partial charge in [0.1, 0.15) is 11.4 Å². The first-order valence-electron chi connectivity index (χ1n) is 6.12. The van der Waals surface area contributed by atoms with Crippen LogP contribution in [0.2, 0.25) is 0 Å². The fraction of sp³-hybridized carbons (Fsp3) is 0.143. The Kier molecular flexibility index (Phi) is 3.86. The molecule has 0 aliphatic carbocycles. The van der Waals surface area contributed by atoms with Crippen LogP contribution in [0.25, 0.3) is 0 Å². The molecule has 2 aromatic rings. The van der Waals surface area contributed by atoms with Crippen molar-refractivity contribution in [3.8, 4) is 0 Å². The molecule has 0 heterocycles. The number of hydrogen-bond donors (Lipinski definition) is 3. The molecule has 0 aromatic heterocycles. The van der Waals surface area contributed by atoms with Crippen LogP contribution in [0.5, 0.6) is 0 Å². The first-order chi connectivity index (χ1) is 9.54. The van der Waals surface area contributed by atoms with E-state index in [-0.39, 0.29) is 11.4 Å². The number of hydrazine groups is 1. The average Bonchev–Trinajstić information content (AvgIpc) is 2.43. The largest absolute Gasteiger partial charge is 0.350 e. The Morgan fingerprint density at radius 1 is 1.05 bits per heavy atom. The Morgan fingerprint density at radius 2 is 1.65 bits per heavy atom. The number of para-hydroxylation sites is 1. The number of nitro benzene ring substituents is 1. The van der Waals surface area contributed by atoms with E-state index in [4.69, 9.17) is 5.84 Å². The van der Waals surface area contributed by atoms with Crippen LogP contribution in [0.15, 0.2) is 36.4 Å². The van der Waals surface area contributed by atoms with Crippen molar-refractivity contribution in [2.45, 2.75) is 13.8 Å². The Bertz CT molecular complexity index is 656. The maximum Gasteiger partial charge on any atom is 0.316 e. The molecule has 0 aliphatic rings. The molecular weight excluding hydrogens is 256 g/mol. The number of nitrogens with zero attached hydrogens (tertiary/aromatic N) is 1. The molecular formula is C14H16N4O2. The van der Waals surface area contributed by atoms with Crippen LogP contribution in [0.1, 0.15) is 11.1 Å². The highest BCUT2D eigenvalue weighted by Crippen LogP contribution is 2.35. The molecule has 0 saturated carbocycles. The van der Waals surface area contributed by atoms with E-state index < -0.39 is 4.92 Å². The molecule has 0 aliphatic heterocycles. The molecule has 20 heavy (non-hydrogen) atoms. The van der Waals surface area contributed by atoms with Gasteiger partial charge in [-0.3, -0.25) is 16.0 Å². The topological polar surface area (TPSA) is 93.2 Å². The van der Waals surface area contributed by atoms with Crippen LogP contribution in [0, 0.1) is 24.0 Å². The summed E-state index contributed by atoms with van der Waals surface area (Å²) in [5, 5.41) is 14.3. The van der Waals surface area contributed by atoms with Crippen molar-refractivity contribution in [3.63, 3.8) is 0 Å². The van der Waals surface area contributed by atoms with Gasteiger partial charge in [-0.1, -0.05) is 18.2 Å². The van der Waals surface area contributed by atoms with Crippen LogP contribution in [-0.2, 0) is 0 Å². The number of nitro groups is 1. The molecule has 6 nitrogen and oxygen atoms in total. The van der Waals surface area contributed by atoms with E-state index in [0.717, 1.165) is 16.8 Å². The predicted octanol–water partition coefficient (Wildman–Crippen LogP) is 3.24. The van der Waals surface area contributed by atoms with Gasteiger partial charge in [-0.2, -0.15) is 0 Å². The smallest absolute Gasteiger partial charge is 0.316 e. The number of nitrogens with one attached hydrogen (secondary N) is 2. The molecule has 0 spiro atoms. The minimum Gasteiger partial charge on any atom is -0.350 e. The molecule has 6 heteroatoms. The minimum absolute atomic E-state index is 0.0732. The monoisotopic (exact) mass is 272 g/mol. The third kappa shape index (κ3) is 2.55. The molecule has 0 bridgehead atoms. The number of rotatable bonds is 4. The lowest BCUT2D eigenvalue weighted by Gasteiger charge is -2.13. The van der Waals surface area contributed by atoms with Crippen molar-refractivity contribution in [3.05, 3.63) is 57.6 Å². The van der Waals surface area contributed by atoms with Crippen molar-refractivity contribution >= 4 is 22.7 Å². The number of aryl methyl sites for hydroxylation is 1. The zero-order valence-corrected chi connectivity index (χ0v) is 11.3. The summed E-state index contributed by atoms with van der Waals surface area (Å²) in [5.41, 5.74) is 5.95. The van der Waals surface area contributed by atoms with Gasteiger partial charge in [-0.25, -0.2) is 0 Å². The van der Waals surface area contributed by atoms with E-state index in [2.05, 4.69) is 10.7 Å². The summed E-state index contributed by atoms with van der Waals surface area (Å²) in [4.78, 5) is 10.8. The molecule has 104 valence electrons. The molecule has 0 atom stereocenters. The molecule has 4 N–H and O–H groups in total. The molecule has 0 saturated heterocycles. The second-order valence-corrected chi connectivity index (χ2v) is 4.48. The van der Waals surface area contributed by atoms with Gasteiger partial charge in [0.15, 0.2) is 0 Å². The van der Waals surface area contributed by atoms with E-state index in [1.54, 1.807) is 18.2 Å². The summed E-state index contributed by atoms with van der Waals surface area (Å²) in [6.45, 7) is 3.96. The normalized spacial score (nSPS) is 10.2. The second kappa shape index (κ2) is 5.58. The molecule has 2 rings (SSSR count). The van der Waals surface area contributed by atoms with Gasteiger partial charge in [0, 0.05) is 5.69 Å². The Hall–Kier alpha value is -2.60. The van der Waals surface area contributed by atoms with Crippen molar-refractivity contribution in [2.24, 2.45) is 5.84 Å². The lowest BCUT2D eigenvalue weighted by atomic mass is 10.1. The quantitative estimate of drug-likeness (QED) is 0.451. The molecule has 0 amide bonds. The number of hydrogen-bond acceptors (Lipinski definition) is 5. The predicted molar refractivity (Wildman–Crippen MR) is 80.1 cm³/mol. The van der Waals surface area contributed by atoms with Crippen LogP contribution in [-0.4, -0.2) is 4.92 Å². The average molecular weight is 272 g/mol. The van der Waals surface area contributed by atoms with Crippen LogP contribution in [0.4, 0.5) is 22.7 Å². The third-order valence-corrected chi connectivity index (χ3v) is 3.25. The first kappa shape index (κ1) is 13.8. The second-order valence-electron chi connectivity index (χ2n) is 4.48. The summed E-state index contributed by atoms with van der Waals surface area (Å²) in [5.74, 6) is 5.32. The van der Waals surface area contributed by atoms with Crippen molar-refractivity contribution in [1.82, 2.24) is 0 Å². The molecule has 2 aromatic carbocycles. The fourth-order valence-electron chi connectivity index (χ4n) is 1.99. The minimum atomic E-state index is -0.456. The van der Waals surface area contributed by atoms with Gasteiger partial charge in [0.05, 0.1) is 4.92 Å². The van der Waals surface area contributed by atoms with Crippen LogP contribution >= 0.6 is 0 Å². The van der Waals surface area contributed by atoms with Crippen LogP contribution in [0.3, 0.4) is 0 Å². The van der Waals surface area contributed by atoms with E-state index in [9.17, 15) is 10.1 Å². The highest BCUT2D eigenvalue weighted by atomic mass is 16.6. The SMILES string of the molecule is Cc1cccc(Nc2cccc(NN)c2[N+](=O)[O-])c1C. The van der Waals surface area contributed by atoms with Crippen LogP contribution < -0.4 is 16.6 Å². The lowest BCUT2D eigenvalue weighted by molar-refractivity contribution is -0.383. The summed E-state index contributed by atoms with van der Waals surface area (Å²) in [6, 6.07) is 10.7. The highest BCUT2D eigenvalue weighted by molar-refractivity contribution is 5.80. The Labute approximate surface area is 116 Å². The molecule has 0 radical (unpaired) electrons. The van der Waals surface area contributed by atoms with E-state index >= 15 is 0 Å². The molecule has 0 unspecified atom stereocenters. The van der Waals surface area contributed by atoms with Gasteiger partial charge in [-0.15, -0.1) is 0 Å². The van der Waals surface area contributed by atoms with E-state index in [1.165, 1.54) is 0 Å². The summed E-state index contributed by atoms with van der Waals surface area (Å²) < 4.78 is 0. The lowest BCUT2D eigenvalue weighted by Crippen LogP contribution is -2.10. The van der Waals surface area contributed by atoms with Gasteiger partial charge < -0.3 is 10.7 Å². The zero-order valence-electron chi connectivity index (χ0n) is 11.3. The summed E-state index contributed by atoms with van der Waals surface area (Å²) >= 11 is 0. The third-order valence-electron chi connectivity index (χ3n) is 3.25. The maximum absolute atomic E-state index is 11.2. The number of nitrogen functional groups attached to an aromatic ring is 1. The number of nitrogens with two attached hydrogens (primary N) is 1. The van der Waals surface area contributed by atoms with Gasteiger partial charge in [0.2, 0.25) is 0 Å². The van der Waals surface area contributed by atoms with Crippen molar-refractivity contribution in [1.29, 1.82) is 0 Å². The Balaban J connectivity index is 2.48. The molecule has 0 fully saturated rings. The number of anilines is 3. The van der Waals surface area contributed by atoms with Gasteiger partial charge >= 0.3 is 5.69 Å². The maximum atomic E-state index is 11.2. The summed E-state index contributed by atoms with van der Waals surface area (Å²) in [7, 11) is 0.